The van der Waals surface area contributed by atoms with Crippen molar-refractivity contribution in [2.45, 2.75) is 52.7 Å². The van der Waals surface area contributed by atoms with Gasteiger partial charge in [0.25, 0.3) is 0 Å². The summed E-state index contributed by atoms with van der Waals surface area (Å²) in [6, 6.07) is 0.376. The normalized spacial score (nSPS) is 15.1. The molecule has 0 aliphatic carbocycles. The van der Waals surface area contributed by atoms with Crippen LogP contribution in [0, 0.1) is 0 Å². The van der Waals surface area contributed by atoms with E-state index >= 15 is 0 Å². The highest BCUT2D eigenvalue weighted by atomic mass is 32.1. The fraction of sp³-hybridized carbons (Fsp3) is 0.818. The molecular formula is C11H21N3OS. The molecule has 0 spiro atoms. The SMILES string of the molecule is CCOC(C)(CC)c1nsc(NC(C)C)n1. The van der Waals surface area contributed by atoms with Crippen molar-refractivity contribution in [3.63, 3.8) is 0 Å². The maximum absolute atomic E-state index is 5.74. The molecule has 5 heteroatoms. The molecule has 0 bridgehead atoms. The molecule has 1 unspecified atom stereocenters. The van der Waals surface area contributed by atoms with E-state index in [2.05, 4.69) is 35.4 Å². The zero-order valence-corrected chi connectivity index (χ0v) is 11.5. The fourth-order valence-corrected chi connectivity index (χ4v) is 2.21. The van der Waals surface area contributed by atoms with Crippen molar-refractivity contribution in [1.29, 1.82) is 0 Å². The maximum atomic E-state index is 5.74. The summed E-state index contributed by atoms with van der Waals surface area (Å²) in [6.07, 6.45) is 0.874. The van der Waals surface area contributed by atoms with Crippen LogP contribution >= 0.6 is 11.5 Å². The molecule has 0 saturated heterocycles. The fourth-order valence-electron chi connectivity index (χ4n) is 1.39. The Bertz CT molecular complexity index is 327. The molecule has 1 aromatic heterocycles. The molecule has 0 aliphatic rings. The van der Waals surface area contributed by atoms with Crippen LogP contribution < -0.4 is 5.32 Å². The van der Waals surface area contributed by atoms with Gasteiger partial charge in [0.1, 0.15) is 5.60 Å². The molecule has 92 valence electrons. The van der Waals surface area contributed by atoms with Gasteiger partial charge in [-0.2, -0.15) is 4.37 Å². The molecule has 1 atom stereocenters. The average Bonchev–Trinajstić information content (AvgIpc) is 2.66. The van der Waals surface area contributed by atoms with Gasteiger partial charge in [-0.05, 0) is 34.1 Å². The van der Waals surface area contributed by atoms with Crippen molar-refractivity contribution in [2.24, 2.45) is 0 Å². The van der Waals surface area contributed by atoms with Crippen molar-refractivity contribution in [1.82, 2.24) is 9.36 Å². The summed E-state index contributed by atoms with van der Waals surface area (Å²) in [7, 11) is 0. The molecule has 0 amide bonds. The lowest BCUT2D eigenvalue weighted by molar-refractivity contribution is -0.0381. The summed E-state index contributed by atoms with van der Waals surface area (Å²) in [5, 5.41) is 4.12. The number of rotatable bonds is 6. The van der Waals surface area contributed by atoms with Crippen LogP contribution in [0.15, 0.2) is 0 Å². The highest BCUT2D eigenvalue weighted by Crippen LogP contribution is 2.28. The van der Waals surface area contributed by atoms with Crippen molar-refractivity contribution < 1.29 is 4.74 Å². The van der Waals surface area contributed by atoms with Gasteiger partial charge in [0.15, 0.2) is 5.82 Å². The van der Waals surface area contributed by atoms with Crippen LogP contribution in [0.25, 0.3) is 0 Å². The summed E-state index contributed by atoms with van der Waals surface area (Å²) in [6.45, 7) is 11.0. The van der Waals surface area contributed by atoms with E-state index in [-0.39, 0.29) is 5.60 Å². The first-order valence-corrected chi connectivity index (χ1v) is 6.53. The van der Waals surface area contributed by atoms with E-state index in [0.29, 0.717) is 12.6 Å². The molecule has 16 heavy (non-hydrogen) atoms. The third kappa shape index (κ3) is 3.15. The molecule has 1 heterocycles. The number of anilines is 1. The van der Waals surface area contributed by atoms with Crippen molar-refractivity contribution in [3.05, 3.63) is 5.82 Å². The van der Waals surface area contributed by atoms with Gasteiger partial charge in [-0.25, -0.2) is 4.98 Å². The zero-order chi connectivity index (χ0) is 12.2. The van der Waals surface area contributed by atoms with Gasteiger partial charge >= 0.3 is 0 Å². The average molecular weight is 243 g/mol. The van der Waals surface area contributed by atoms with Gasteiger partial charge in [-0.15, -0.1) is 0 Å². The van der Waals surface area contributed by atoms with E-state index in [4.69, 9.17) is 4.74 Å². The molecule has 0 fully saturated rings. The summed E-state index contributed by atoms with van der Waals surface area (Å²) in [4.78, 5) is 4.48. The van der Waals surface area contributed by atoms with Crippen LogP contribution in [0.5, 0.6) is 0 Å². The smallest absolute Gasteiger partial charge is 0.202 e. The molecule has 0 aliphatic heterocycles. The van der Waals surface area contributed by atoms with Crippen LogP contribution in [0.1, 0.15) is 46.9 Å². The standard InChI is InChI=1S/C11H21N3OS/c1-6-11(5,15-7-2)9-13-10(16-14-9)12-8(3)4/h8H,6-7H2,1-5H3,(H,12,13,14). The predicted molar refractivity (Wildman–Crippen MR) is 67.9 cm³/mol. The minimum Gasteiger partial charge on any atom is -0.368 e. The molecule has 0 saturated carbocycles. The number of hydrogen-bond acceptors (Lipinski definition) is 5. The Morgan fingerprint density at radius 2 is 2.12 bits per heavy atom. The third-order valence-electron chi connectivity index (χ3n) is 2.45. The highest BCUT2D eigenvalue weighted by Gasteiger charge is 2.29. The van der Waals surface area contributed by atoms with E-state index in [1.165, 1.54) is 11.5 Å². The van der Waals surface area contributed by atoms with Crippen LogP contribution in [0.4, 0.5) is 5.13 Å². The Kier molecular flexibility index (Phi) is 4.68. The quantitative estimate of drug-likeness (QED) is 0.834. The highest BCUT2D eigenvalue weighted by molar-refractivity contribution is 7.09. The summed E-state index contributed by atoms with van der Waals surface area (Å²) in [5.41, 5.74) is -0.359. The monoisotopic (exact) mass is 243 g/mol. The lowest BCUT2D eigenvalue weighted by Gasteiger charge is -2.24. The van der Waals surface area contributed by atoms with E-state index in [1.807, 2.05) is 13.8 Å². The Labute approximate surface area is 102 Å². The van der Waals surface area contributed by atoms with E-state index < -0.39 is 0 Å². The topological polar surface area (TPSA) is 47.0 Å². The Morgan fingerprint density at radius 1 is 1.44 bits per heavy atom. The van der Waals surface area contributed by atoms with Gasteiger partial charge in [0.2, 0.25) is 5.13 Å². The number of nitrogens with one attached hydrogen (secondary N) is 1. The molecule has 0 aromatic carbocycles. The van der Waals surface area contributed by atoms with Crippen molar-refractivity contribution >= 4 is 16.7 Å². The molecular weight excluding hydrogens is 222 g/mol. The van der Waals surface area contributed by atoms with Crippen LogP contribution in [0.2, 0.25) is 0 Å². The van der Waals surface area contributed by atoms with Gasteiger partial charge in [-0.1, -0.05) is 6.92 Å². The summed E-state index contributed by atoms with van der Waals surface area (Å²) >= 11 is 1.39. The molecule has 1 rings (SSSR count). The van der Waals surface area contributed by atoms with Crippen LogP contribution in [-0.4, -0.2) is 22.0 Å². The second-order valence-electron chi connectivity index (χ2n) is 4.24. The molecule has 1 N–H and O–H groups in total. The van der Waals surface area contributed by atoms with Gasteiger partial charge in [0.05, 0.1) is 0 Å². The van der Waals surface area contributed by atoms with Gasteiger partial charge < -0.3 is 10.1 Å². The third-order valence-corrected chi connectivity index (χ3v) is 3.10. The van der Waals surface area contributed by atoms with E-state index in [0.717, 1.165) is 17.4 Å². The minimum absolute atomic E-state index is 0.359. The van der Waals surface area contributed by atoms with Crippen molar-refractivity contribution in [3.8, 4) is 0 Å². The maximum Gasteiger partial charge on any atom is 0.202 e. The predicted octanol–water partition coefficient (Wildman–Crippen LogP) is 3.02. The van der Waals surface area contributed by atoms with E-state index in [1.54, 1.807) is 0 Å². The number of ether oxygens (including phenoxy) is 1. The zero-order valence-electron chi connectivity index (χ0n) is 10.7. The number of aromatic nitrogens is 2. The Morgan fingerprint density at radius 3 is 2.62 bits per heavy atom. The lowest BCUT2D eigenvalue weighted by atomic mass is 10.0. The summed E-state index contributed by atoms with van der Waals surface area (Å²) in [5.74, 6) is 0.782. The minimum atomic E-state index is -0.359. The second-order valence-corrected chi connectivity index (χ2v) is 4.99. The second kappa shape index (κ2) is 5.59. The largest absolute Gasteiger partial charge is 0.368 e. The van der Waals surface area contributed by atoms with Crippen LogP contribution in [0.3, 0.4) is 0 Å². The lowest BCUT2D eigenvalue weighted by Crippen LogP contribution is -2.26. The first-order valence-electron chi connectivity index (χ1n) is 5.76. The molecule has 1 aromatic rings. The Balaban J connectivity index is 2.82. The summed E-state index contributed by atoms with van der Waals surface area (Å²) < 4.78 is 10.1. The molecule has 0 radical (unpaired) electrons. The number of nitrogens with zero attached hydrogens (tertiary/aromatic N) is 2. The van der Waals surface area contributed by atoms with Crippen molar-refractivity contribution in [2.75, 3.05) is 11.9 Å². The first kappa shape index (κ1) is 13.4. The van der Waals surface area contributed by atoms with E-state index in [9.17, 15) is 0 Å². The number of hydrogen-bond donors (Lipinski definition) is 1. The van der Waals surface area contributed by atoms with Crippen LogP contribution in [-0.2, 0) is 10.3 Å². The first-order chi connectivity index (χ1) is 7.51. The Hall–Kier alpha value is -0.680. The molecule has 4 nitrogen and oxygen atoms in total. The van der Waals surface area contributed by atoms with Gasteiger partial charge in [0, 0.05) is 24.2 Å². The van der Waals surface area contributed by atoms with Gasteiger partial charge in [-0.3, -0.25) is 0 Å².